The maximum absolute atomic E-state index is 12.8. The van der Waals surface area contributed by atoms with E-state index in [2.05, 4.69) is 11.0 Å². The molecule has 2 aliphatic rings. The molecule has 2 aliphatic heterocycles. The normalized spacial score (nSPS) is 22.4. The fourth-order valence-electron chi connectivity index (χ4n) is 3.67. The lowest BCUT2D eigenvalue weighted by molar-refractivity contribution is -0.126. The minimum absolute atomic E-state index is 0.176. The van der Waals surface area contributed by atoms with E-state index < -0.39 is 5.41 Å². The van der Waals surface area contributed by atoms with E-state index in [4.69, 9.17) is 5.73 Å². The largest absolute Gasteiger partial charge is 0.368 e. The number of para-hydroxylation sites is 1. The summed E-state index contributed by atoms with van der Waals surface area (Å²) in [6, 6.07) is 7.74. The molecule has 0 unspecified atom stereocenters. The van der Waals surface area contributed by atoms with Crippen molar-refractivity contribution in [3.8, 4) is 0 Å². The minimum atomic E-state index is -0.417. The van der Waals surface area contributed by atoms with Gasteiger partial charge in [-0.2, -0.15) is 0 Å². The third kappa shape index (κ3) is 1.95. The number of nitrogens with two attached hydrogens (primary N) is 1. The lowest BCUT2D eigenvalue weighted by Crippen LogP contribution is -2.52. The maximum Gasteiger partial charge on any atom is 0.237 e. The number of nitrogens with zero attached hydrogens (tertiary/aromatic N) is 2. The number of benzene rings is 1. The molecule has 1 spiro atoms. The summed E-state index contributed by atoms with van der Waals surface area (Å²) >= 11 is 0. The molecule has 2 amide bonds. The SMILES string of the molecule is C[C@@H](C(N)=O)N1CCC2(CC1)C(=O)N(C)c1ccccc12. The monoisotopic (exact) mass is 287 g/mol. The van der Waals surface area contributed by atoms with Gasteiger partial charge in [-0.25, -0.2) is 0 Å². The summed E-state index contributed by atoms with van der Waals surface area (Å²) in [4.78, 5) is 27.9. The zero-order valence-electron chi connectivity index (χ0n) is 12.5. The molecule has 1 atom stereocenters. The molecular weight excluding hydrogens is 266 g/mol. The van der Waals surface area contributed by atoms with Gasteiger partial charge in [-0.05, 0) is 31.4 Å². The van der Waals surface area contributed by atoms with Crippen molar-refractivity contribution in [2.75, 3.05) is 25.0 Å². The number of hydrogen-bond donors (Lipinski definition) is 1. The molecule has 112 valence electrons. The Balaban J connectivity index is 1.88. The lowest BCUT2D eigenvalue weighted by atomic mass is 9.73. The van der Waals surface area contributed by atoms with Crippen molar-refractivity contribution < 1.29 is 9.59 Å². The van der Waals surface area contributed by atoms with Gasteiger partial charge in [-0.15, -0.1) is 0 Å². The summed E-state index contributed by atoms with van der Waals surface area (Å²) < 4.78 is 0. The second-order valence-corrected chi connectivity index (χ2v) is 6.08. The van der Waals surface area contributed by atoms with E-state index in [1.807, 2.05) is 32.2 Å². The predicted molar refractivity (Wildman–Crippen MR) is 81.0 cm³/mol. The van der Waals surface area contributed by atoms with E-state index in [0.717, 1.165) is 37.2 Å². The Morgan fingerprint density at radius 1 is 1.29 bits per heavy atom. The van der Waals surface area contributed by atoms with Crippen LogP contribution < -0.4 is 10.6 Å². The molecule has 1 aromatic rings. The van der Waals surface area contributed by atoms with Crippen LogP contribution in [0.5, 0.6) is 0 Å². The number of piperidine rings is 1. The van der Waals surface area contributed by atoms with Crippen molar-refractivity contribution in [1.29, 1.82) is 0 Å². The fourth-order valence-corrected chi connectivity index (χ4v) is 3.67. The summed E-state index contributed by atoms with van der Waals surface area (Å²) in [5.41, 5.74) is 7.11. The molecule has 0 saturated carbocycles. The van der Waals surface area contributed by atoms with Crippen LogP contribution >= 0.6 is 0 Å². The van der Waals surface area contributed by atoms with Gasteiger partial charge in [0.1, 0.15) is 0 Å². The first-order valence-electron chi connectivity index (χ1n) is 7.38. The van der Waals surface area contributed by atoms with Crippen molar-refractivity contribution in [3.63, 3.8) is 0 Å². The molecule has 1 saturated heterocycles. The highest BCUT2D eigenvalue weighted by Gasteiger charge is 2.51. The molecule has 0 aliphatic carbocycles. The number of anilines is 1. The summed E-state index contributed by atoms with van der Waals surface area (Å²) in [7, 11) is 1.84. The van der Waals surface area contributed by atoms with Crippen molar-refractivity contribution in [3.05, 3.63) is 29.8 Å². The van der Waals surface area contributed by atoms with Crippen LogP contribution in [0.25, 0.3) is 0 Å². The van der Waals surface area contributed by atoms with Crippen LogP contribution in [0.15, 0.2) is 24.3 Å². The number of carbonyl (C=O) groups is 2. The summed E-state index contributed by atoms with van der Waals surface area (Å²) in [5, 5.41) is 0. The van der Waals surface area contributed by atoms with Crippen LogP contribution in [0.4, 0.5) is 5.69 Å². The van der Waals surface area contributed by atoms with Gasteiger partial charge < -0.3 is 10.6 Å². The third-order valence-electron chi connectivity index (χ3n) is 5.11. The Morgan fingerprint density at radius 3 is 2.52 bits per heavy atom. The molecule has 0 radical (unpaired) electrons. The fraction of sp³-hybridized carbons (Fsp3) is 0.500. The highest BCUT2D eigenvalue weighted by Crippen LogP contribution is 2.47. The molecule has 2 heterocycles. The Hall–Kier alpha value is -1.88. The molecule has 1 aromatic carbocycles. The first-order chi connectivity index (χ1) is 9.97. The Bertz CT molecular complexity index is 591. The Labute approximate surface area is 124 Å². The second kappa shape index (κ2) is 4.84. The number of rotatable bonds is 2. The van der Waals surface area contributed by atoms with E-state index in [9.17, 15) is 9.59 Å². The predicted octanol–water partition coefficient (Wildman–Crippen LogP) is 0.870. The average molecular weight is 287 g/mol. The van der Waals surface area contributed by atoms with Crippen LogP contribution in [0.3, 0.4) is 0 Å². The molecule has 2 N–H and O–H groups in total. The van der Waals surface area contributed by atoms with E-state index in [1.54, 1.807) is 4.90 Å². The quantitative estimate of drug-likeness (QED) is 0.877. The van der Waals surface area contributed by atoms with Crippen LogP contribution in [-0.2, 0) is 15.0 Å². The van der Waals surface area contributed by atoms with Crippen molar-refractivity contribution >= 4 is 17.5 Å². The topological polar surface area (TPSA) is 66.6 Å². The van der Waals surface area contributed by atoms with E-state index in [-0.39, 0.29) is 17.9 Å². The van der Waals surface area contributed by atoms with E-state index in [0.29, 0.717) is 0 Å². The number of carbonyl (C=O) groups excluding carboxylic acids is 2. The molecular formula is C16H21N3O2. The van der Waals surface area contributed by atoms with Gasteiger partial charge in [-0.3, -0.25) is 14.5 Å². The molecule has 0 bridgehead atoms. The van der Waals surface area contributed by atoms with Crippen molar-refractivity contribution in [2.45, 2.75) is 31.2 Å². The zero-order valence-corrected chi connectivity index (χ0v) is 12.5. The minimum Gasteiger partial charge on any atom is -0.368 e. The Kier molecular flexibility index (Phi) is 3.24. The highest BCUT2D eigenvalue weighted by molar-refractivity contribution is 6.07. The number of likely N-dealkylation sites (N-methyl/N-ethyl adjacent to an activating group) is 1. The number of amides is 2. The molecule has 1 fully saturated rings. The van der Waals surface area contributed by atoms with Crippen molar-refractivity contribution in [1.82, 2.24) is 4.90 Å². The zero-order chi connectivity index (χ0) is 15.2. The standard InChI is InChI=1S/C16H21N3O2/c1-11(14(17)20)19-9-7-16(8-10-19)12-5-3-4-6-13(12)18(2)15(16)21/h3-6,11H,7-10H2,1-2H3,(H2,17,20)/t11-/m0/s1. The van der Waals surface area contributed by atoms with Gasteiger partial charge in [0.05, 0.1) is 11.5 Å². The van der Waals surface area contributed by atoms with Gasteiger partial charge in [0.15, 0.2) is 0 Å². The average Bonchev–Trinajstić information content (AvgIpc) is 2.71. The van der Waals surface area contributed by atoms with Gasteiger partial charge >= 0.3 is 0 Å². The molecule has 21 heavy (non-hydrogen) atoms. The summed E-state index contributed by atoms with van der Waals surface area (Å²) in [5.74, 6) is -0.128. The van der Waals surface area contributed by atoms with E-state index >= 15 is 0 Å². The maximum atomic E-state index is 12.8. The third-order valence-corrected chi connectivity index (χ3v) is 5.11. The highest BCUT2D eigenvalue weighted by atomic mass is 16.2. The Morgan fingerprint density at radius 2 is 1.90 bits per heavy atom. The first kappa shape index (κ1) is 14.1. The number of fused-ring (bicyclic) bond motifs is 2. The summed E-state index contributed by atoms with van der Waals surface area (Å²) in [6.07, 6.45) is 1.48. The van der Waals surface area contributed by atoms with Gasteiger partial charge in [0, 0.05) is 25.8 Å². The van der Waals surface area contributed by atoms with Crippen LogP contribution in [0, 0.1) is 0 Å². The van der Waals surface area contributed by atoms with Crippen LogP contribution in [0.1, 0.15) is 25.3 Å². The second-order valence-electron chi connectivity index (χ2n) is 6.08. The van der Waals surface area contributed by atoms with Gasteiger partial charge in [-0.1, -0.05) is 18.2 Å². The first-order valence-corrected chi connectivity index (χ1v) is 7.38. The lowest BCUT2D eigenvalue weighted by Gasteiger charge is -2.40. The molecule has 0 aromatic heterocycles. The molecule has 3 rings (SSSR count). The number of hydrogen-bond acceptors (Lipinski definition) is 3. The summed E-state index contributed by atoms with van der Waals surface area (Å²) in [6.45, 7) is 3.27. The molecule has 5 heteroatoms. The van der Waals surface area contributed by atoms with Gasteiger partial charge in [0.25, 0.3) is 0 Å². The van der Waals surface area contributed by atoms with Crippen molar-refractivity contribution in [2.24, 2.45) is 5.73 Å². The number of likely N-dealkylation sites (tertiary alicyclic amines) is 1. The van der Waals surface area contributed by atoms with Gasteiger partial charge in [0.2, 0.25) is 11.8 Å². The van der Waals surface area contributed by atoms with Crippen LogP contribution in [-0.4, -0.2) is 42.9 Å². The van der Waals surface area contributed by atoms with E-state index in [1.165, 1.54) is 0 Å². The smallest absolute Gasteiger partial charge is 0.237 e. The number of primary amides is 1. The molecule has 5 nitrogen and oxygen atoms in total. The van der Waals surface area contributed by atoms with Crippen LogP contribution in [0.2, 0.25) is 0 Å².